The van der Waals surface area contributed by atoms with Crippen LogP contribution in [0.5, 0.6) is 5.75 Å². The number of nitrogens with zero attached hydrogens (tertiary/aromatic N) is 3. The Balaban J connectivity index is 2.36. The Morgan fingerprint density at radius 2 is 2.03 bits per heavy atom. The van der Waals surface area contributed by atoms with Crippen LogP contribution < -0.4 is 21.9 Å². The molecule has 2 aromatic rings. The van der Waals surface area contributed by atoms with Crippen LogP contribution >= 0.6 is 11.6 Å². The number of esters is 1. The Morgan fingerprint density at radius 1 is 1.28 bits per heavy atom. The van der Waals surface area contributed by atoms with Gasteiger partial charge in [-0.1, -0.05) is 17.7 Å². The van der Waals surface area contributed by atoms with Gasteiger partial charge < -0.3 is 32.1 Å². The Hall–Kier alpha value is -3.66. The molecule has 0 saturated heterocycles. The summed E-state index contributed by atoms with van der Waals surface area (Å²) in [5.74, 6) is 0.464. The third-order valence-electron chi connectivity index (χ3n) is 4.38. The number of ether oxygens (including phenoxy) is 2. The zero-order valence-corrected chi connectivity index (χ0v) is 18.6. The first kappa shape index (κ1) is 24.6. The number of pyridine rings is 1. The van der Waals surface area contributed by atoms with Crippen molar-refractivity contribution in [1.82, 2.24) is 4.98 Å². The van der Waals surface area contributed by atoms with E-state index >= 15 is 0 Å². The van der Waals surface area contributed by atoms with Gasteiger partial charge in [0.25, 0.3) is 0 Å². The maximum atomic E-state index is 11.5. The van der Waals surface area contributed by atoms with E-state index in [0.29, 0.717) is 28.5 Å². The summed E-state index contributed by atoms with van der Waals surface area (Å²) < 4.78 is 10.0. The van der Waals surface area contributed by atoms with Crippen LogP contribution in [0, 0.1) is 5.41 Å². The number of methoxy groups -OCH3 is 1. The number of nitrogen functional groups attached to an aromatic ring is 1. The van der Waals surface area contributed by atoms with Gasteiger partial charge in [0.05, 0.1) is 38.2 Å². The van der Waals surface area contributed by atoms with Gasteiger partial charge in [-0.05, 0) is 24.6 Å². The quantitative estimate of drug-likeness (QED) is 0.238. The van der Waals surface area contributed by atoms with Gasteiger partial charge in [0.15, 0.2) is 0 Å². The predicted octanol–water partition coefficient (Wildman–Crippen LogP) is 1.89. The molecule has 0 aliphatic carbocycles. The highest BCUT2D eigenvalue weighted by molar-refractivity contribution is 6.32. The first-order chi connectivity index (χ1) is 15.3. The monoisotopic (exact) mass is 459 g/mol. The Morgan fingerprint density at radius 3 is 2.66 bits per heavy atom. The number of halogens is 1. The van der Waals surface area contributed by atoms with Crippen molar-refractivity contribution < 1.29 is 14.3 Å². The maximum absolute atomic E-state index is 11.5. The number of nitrogens with two attached hydrogens (primary N) is 3. The number of aromatic nitrogens is 1. The van der Waals surface area contributed by atoms with Crippen LogP contribution in [0.2, 0.25) is 5.02 Å². The molecule has 170 valence electrons. The molecule has 0 unspecified atom stereocenters. The van der Waals surface area contributed by atoms with E-state index in [1.54, 1.807) is 19.1 Å². The van der Waals surface area contributed by atoms with Gasteiger partial charge in [-0.15, -0.1) is 0 Å². The average molecular weight is 460 g/mol. The minimum Gasteiger partial charge on any atom is -0.495 e. The average Bonchev–Trinajstić information content (AvgIpc) is 2.77. The summed E-state index contributed by atoms with van der Waals surface area (Å²) in [5.41, 5.74) is 20.1. The van der Waals surface area contributed by atoms with E-state index in [0.717, 1.165) is 11.8 Å². The number of hydrogen-bond donors (Lipinski definition) is 4. The number of rotatable bonds is 10. The molecule has 32 heavy (non-hydrogen) atoms. The number of aliphatic imine (C=N–C) groups is 2. The molecule has 7 N–H and O–H groups in total. The van der Waals surface area contributed by atoms with Crippen molar-refractivity contribution in [1.29, 1.82) is 5.41 Å². The smallest absolute Gasteiger partial charge is 0.307 e. The molecular formula is C21H26ClN7O3. The van der Waals surface area contributed by atoms with Crippen molar-refractivity contribution in [2.24, 2.45) is 21.5 Å². The van der Waals surface area contributed by atoms with Crippen LogP contribution in [-0.2, 0) is 16.1 Å². The SMILES string of the molecule is CCOC(=O)CCN=C(N)c1cnc(N)c(C=N)c1C(N)=NCc1ccc(OC)c(Cl)c1. The lowest BCUT2D eigenvalue weighted by molar-refractivity contribution is -0.142. The molecule has 0 fully saturated rings. The molecule has 2 rings (SSSR count). The van der Waals surface area contributed by atoms with E-state index in [2.05, 4.69) is 15.0 Å². The van der Waals surface area contributed by atoms with Crippen molar-refractivity contribution in [3.8, 4) is 5.75 Å². The lowest BCUT2D eigenvalue weighted by Gasteiger charge is -2.13. The van der Waals surface area contributed by atoms with Crippen LogP contribution in [-0.4, -0.2) is 49.1 Å². The predicted molar refractivity (Wildman–Crippen MR) is 126 cm³/mol. The van der Waals surface area contributed by atoms with E-state index in [1.165, 1.54) is 13.3 Å². The number of amidine groups is 2. The molecule has 10 nitrogen and oxygen atoms in total. The van der Waals surface area contributed by atoms with E-state index in [9.17, 15) is 4.79 Å². The third-order valence-corrected chi connectivity index (χ3v) is 4.67. The Labute approximate surface area is 191 Å². The molecular weight excluding hydrogens is 434 g/mol. The second kappa shape index (κ2) is 11.7. The summed E-state index contributed by atoms with van der Waals surface area (Å²) in [6.45, 7) is 2.35. The first-order valence-corrected chi connectivity index (χ1v) is 10.1. The van der Waals surface area contributed by atoms with Gasteiger partial charge in [-0.3, -0.25) is 14.8 Å². The highest BCUT2D eigenvalue weighted by Crippen LogP contribution is 2.25. The van der Waals surface area contributed by atoms with Gasteiger partial charge in [0.1, 0.15) is 23.2 Å². The van der Waals surface area contributed by atoms with Gasteiger partial charge in [0.2, 0.25) is 0 Å². The standard InChI is InChI=1S/C21H26ClN7O3/c1-3-32-17(30)6-7-27-20(25)14-11-29-19(24)13(9-23)18(14)21(26)28-10-12-4-5-16(31-2)15(22)8-12/h4-5,8-9,11,23H,3,6-7,10H2,1-2H3,(H2,24,29)(H2,25,27)(H2,26,28). The zero-order valence-electron chi connectivity index (χ0n) is 17.9. The highest BCUT2D eigenvalue weighted by atomic mass is 35.5. The number of carbonyl (C=O) groups is 1. The molecule has 0 aliphatic rings. The van der Waals surface area contributed by atoms with Gasteiger partial charge in [-0.25, -0.2) is 4.98 Å². The molecule has 0 radical (unpaired) electrons. The van der Waals surface area contributed by atoms with Gasteiger partial charge in [0, 0.05) is 29.1 Å². The summed E-state index contributed by atoms with van der Waals surface area (Å²) in [4.78, 5) is 24.2. The molecule has 1 aromatic carbocycles. The molecule has 0 bridgehead atoms. The minimum atomic E-state index is -0.376. The highest BCUT2D eigenvalue weighted by Gasteiger charge is 2.18. The van der Waals surface area contributed by atoms with Crippen molar-refractivity contribution in [2.45, 2.75) is 19.9 Å². The van der Waals surface area contributed by atoms with Crippen LogP contribution in [0.4, 0.5) is 5.82 Å². The molecule has 0 atom stereocenters. The summed E-state index contributed by atoms with van der Waals surface area (Å²) >= 11 is 6.16. The first-order valence-electron chi connectivity index (χ1n) is 9.69. The maximum Gasteiger partial charge on any atom is 0.307 e. The van der Waals surface area contributed by atoms with Crippen molar-refractivity contribution in [2.75, 3.05) is 26.0 Å². The number of benzene rings is 1. The molecule has 11 heteroatoms. The fourth-order valence-electron chi connectivity index (χ4n) is 2.81. The number of anilines is 1. The second-order valence-corrected chi connectivity index (χ2v) is 6.89. The normalized spacial score (nSPS) is 11.8. The summed E-state index contributed by atoms with van der Waals surface area (Å²) in [7, 11) is 1.53. The molecule has 0 spiro atoms. The molecule has 1 aromatic heterocycles. The largest absolute Gasteiger partial charge is 0.495 e. The van der Waals surface area contributed by atoms with Gasteiger partial charge in [-0.2, -0.15) is 0 Å². The topological polar surface area (TPSA) is 175 Å². The van der Waals surface area contributed by atoms with Crippen LogP contribution in [0.1, 0.15) is 35.6 Å². The van der Waals surface area contributed by atoms with Crippen molar-refractivity contribution in [3.05, 3.63) is 51.7 Å². The fraction of sp³-hybridized carbons (Fsp3) is 0.286. The van der Waals surface area contributed by atoms with Crippen molar-refractivity contribution >= 4 is 41.3 Å². The lowest BCUT2D eigenvalue weighted by atomic mass is 10.0. The fourth-order valence-corrected chi connectivity index (χ4v) is 3.09. The number of nitrogens with one attached hydrogen (secondary N) is 1. The number of carbonyl (C=O) groups excluding carboxylic acids is 1. The second-order valence-electron chi connectivity index (χ2n) is 6.48. The van der Waals surface area contributed by atoms with E-state index < -0.39 is 0 Å². The van der Waals surface area contributed by atoms with Crippen molar-refractivity contribution in [3.63, 3.8) is 0 Å². The minimum absolute atomic E-state index is 0.0749. The van der Waals surface area contributed by atoms with E-state index in [1.807, 2.05) is 6.07 Å². The molecule has 0 amide bonds. The molecule has 1 heterocycles. The van der Waals surface area contributed by atoms with Gasteiger partial charge >= 0.3 is 5.97 Å². The van der Waals surface area contributed by atoms with Crippen LogP contribution in [0.25, 0.3) is 0 Å². The third kappa shape index (κ3) is 6.17. The molecule has 0 aliphatic heterocycles. The van der Waals surface area contributed by atoms with Crippen LogP contribution in [0.15, 0.2) is 34.4 Å². The number of hydrogen-bond acceptors (Lipinski definition) is 8. The zero-order chi connectivity index (χ0) is 23.7. The van der Waals surface area contributed by atoms with Crippen LogP contribution in [0.3, 0.4) is 0 Å². The van der Waals surface area contributed by atoms with E-state index in [-0.39, 0.29) is 48.5 Å². The summed E-state index contributed by atoms with van der Waals surface area (Å²) in [6.07, 6.45) is 2.51. The Kier molecular flexibility index (Phi) is 8.96. The van der Waals surface area contributed by atoms with E-state index in [4.69, 9.17) is 43.7 Å². The Bertz CT molecular complexity index is 1050. The molecule has 0 saturated carbocycles. The summed E-state index contributed by atoms with van der Waals surface area (Å²) in [6, 6.07) is 5.27. The summed E-state index contributed by atoms with van der Waals surface area (Å²) in [5, 5.41) is 8.19. The lowest BCUT2D eigenvalue weighted by Crippen LogP contribution is -2.26.